The van der Waals surface area contributed by atoms with E-state index in [0.29, 0.717) is 18.5 Å². The number of likely N-dealkylation sites (tertiary alicyclic amines) is 1. The number of carbonyl (C=O) groups is 1. The maximum Gasteiger partial charge on any atom is 0.254 e. The van der Waals surface area contributed by atoms with E-state index in [2.05, 4.69) is 0 Å². The maximum atomic E-state index is 12.7. The highest BCUT2D eigenvalue weighted by atomic mass is 32.2. The van der Waals surface area contributed by atoms with Gasteiger partial charge in [-0.3, -0.25) is 4.79 Å². The van der Waals surface area contributed by atoms with Crippen molar-refractivity contribution in [2.24, 2.45) is 5.14 Å². The van der Waals surface area contributed by atoms with Crippen LogP contribution >= 0.6 is 0 Å². The van der Waals surface area contributed by atoms with Crippen molar-refractivity contribution in [1.29, 1.82) is 0 Å². The first-order valence-electron chi connectivity index (χ1n) is 7.37. The van der Waals surface area contributed by atoms with Crippen molar-refractivity contribution in [3.8, 4) is 0 Å². The van der Waals surface area contributed by atoms with Gasteiger partial charge >= 0.3 is 0 Å². The molecule has 0 bridgehead atoms. The SMILES string of the molecule is CN(C)c1ccc(C(=O)N2CCCCC2CS(N)(=O)=O)cc1. The van der Waals surface area contributed by atoms with Crippen LogP contribution in [0.15, 0.2) is 24.3 Å². The Morgan fingerprint density at radius 1 is 1.27 bits per heavy atom. The van der Waals surface area contributed by atoms with Crippen LogP contribution in [-0.4, -0.2) is 51.7 Å². The number of carbonyl (C=O) groups excluding carboxylic acids is 1. The zero-order valence-electron chi connectivity index (χ0n) is 13.0. The fourth-order valence-electron chi connectivity index (χ4n) is 2.78. The summed E-state index contributed by atoms with van der Waals surface area (Å²) in [7, 11) is 0.277. The van der Waals surface area contributed by atoms with Gasteiger partial charge in [-0.2, -0.15) is 0 Å². The lowest BCUT2D eigenvalue weighted by molar-refractivity contribution is 0.0639. The van der Waals surface area contributed by atoms with Gasteiger partial charge in [0.25, 0.3) is 5.91 Å². The molecule has 1 saturated heterocycles. The van der Waals surface area contributed by atoms with Gasteiger partial charge in [-0.05, 0) is 43.5 Å². The lowest BCUT2D eigenvalue weighted by Gasteiger charge is -2.35. The fourth-order valence-corrected chi connectivity index (χ4v) is 3.66. The van der Waals surface area contributed by atoms with Crippen molar-refractivity contribution in [2.75, 3.05) is 31.3 Å². The molecule has 22 heavy (non-hydrogen) atoms. The molecule has 1 aromatic carbocycles. The molecule has 1 aromatic rings. The average molecular weight is 325 g/mol. The molecule has 7 heteroatoms. The van der Waals surface area contributed by atoms with Crippen LogP contribution in [0.4, 0.5) is 5.69 Å². The molecule has 6 nitrogen and oxygen atoms in total. The van der Waals surface area contributed by atoms with E-state index < -0.39 is 10.0 Å². The number of primary sulfonamides is 1. The molecular weight excluding hydrogens is 302 g/mol. The third kappa shape index (κ3) is 4.20. The summed E-state index contributed by atoms with van der Waals surface area (Å²) < 4.78 is 22.7. The molecule has 0 spiro atoms. The molecule has 1 fully saturated rings. The average Bonchev–Trinajstić information content (AvgIpc) is 2.45. The Hall–Kier alpha value is -1.60. The number of amides is 1. The van der Waals surface area contributed by atoms with Crippen molar-refractivity contribution < 1.29 is 13.2 Å². The van der Waals surface area contributed by atoms with Gasteiger partial charge in [0.2, 0.25) is 10.0 Å². The van der Waals surface area contributed by atoms with E-state index in [1.807, 2.05) is 31.1 Å². The quantitative estimate of drug-likeness (QED) is 0.896. The Bertz CT molecular complexity index is 626. The number of hydrogen-bond acceptors (Lipinski definition) is 4. The first-order chi connectivity index (χ1) is 10.3. The van der Waals surface area contributed by atoms with Crippen LogP contribution in [0, 0.1) is 0 Å². The second-order valence-corrected chi connectivity index (χ2v) is 7.58. The number of sulfonamides is 1. The van der Waals surface area contributed by atoms with Crippen LogP contribution in [0.25, 0.3) is 0 Å². The molecular formula is C15H23N3O3S. The lowest BCUT2D eigenvalue weighted by atomic mass is 10.0. The highest BCUT2D eigenvalue weighted by Crippen LogP contribution is 2.21. The number of hydrogen-bond donors (Lipinski definition) is 1. The summed E-state index contributed by atoms with van der Waals surface area (Å²) in [6, 6.07) is 6.99. The number of nitrogens with zero attached hydrogens (tertiary/aromatic N) is 2. The van der Waals surface area contributed by atoms with E-state index >= 15 is 0 Å². The highest BCUT2D eigenvalue weighted by Gasteiger charge is 2.30. The molecule has 1 amide bonds. The summed E-state index contributed by atoms with van der Waals surface area (Å²) in [5, 5.41) is 5.15. The summed E-state index contributed by atoms with van der Waals surface area (Å²) in [6.45, 7) is 0.578. The molecule has 1 unspecified atom stereocenters. The van der Waals surface area contributed by atoms with Crippen molar-refractivity contribution >= 4 is 21.6 Å². The molecule has 1 heterocycles. The smallest absolute Gasteiger partial charge is 0.254 e. The highest BCUT2D eigenvalue weighted by molar-refractivity contribution is 7.89. The zero-order valence-corrected chi connectivity index (χ0v) is 13.8. The van der Waals surface area contributed by atoms with E-state index in [1.54, 1.807) is 17.0 Å². The number of nitrogens with two attached hydrogens (primary N) is 1. The van der Waals surface area contributed by atoms with E-state index in [-0.39, 0.29) is 17.7 Å². The molecule has 0 saturated carbocycles. The van der Waals surface area contributed by atoms with Crippen molar-refractivity contribution in [2.45, 2.75) is 25.3 Å². The number of rotatable bonds is 4. The van der Waals surface area contributed by atoms with Crippen molar-refractivity contribution in [3.63, 3.8) is 0 Å². The molecule has 1 aliphatic rings. The molecule has 2 N–H and O–H groups in total. The van der Waals surface area contributed by atoms with E-state index in [9.17, 15) is 13.2 Å². The maximum absolute atomic E-state index is 12.7. The first kappa shape index (κ1) is 16.8. The van der Waals surface area contributed by atoms with Crippen LogP contribution < -0.4 is 10.0 Å². The summed E-state index contributed by atoms with van der Waals surface area (Å²) in [4.78, 5) is 16.3. The topological polar surface area (TPSA) is 83.7 Å². The van der Waals surface area contributed by atoms with Crippen LogP contribution in [0.1, 0.15) is 29.6 Å². The third-order valence-electron chi connectivity index (χ3n) is 3.94. The summed E-state index contributed by atoms with van der Waals surface area (Å²) in [6.07, 6.45) is 2.49. The second kappa shape index (κ2) is 6.66. The second-order valence-electron chi connectivity index (χ2n) is 5.92. The molecule has 0 aliphatic carbocycles. The van der Waals surface area contributed by atoms with Gasteiger partial charge in [-0.1, -0.05) is 0 Å². The molecule has 122 valence electrons. The van der Waals surface area contributed by atoms with Crippen LogP contribution in [-0.2, 0) is 10.0 Å². The molecule has 0 radical (unpaired) electrons. The first-order valence-corrected chi connectivity index (χ1v) is 9.08. The van der Waals surface area contributed by atoms with Gasteiger partial charge in [-0.25, -0.2) is 13.6 Å². The Labute approximate surface area is 131 Å². The summed E-state index contributed by atoms with van der Waals surface area (Å²) in [5.41, 5.74) is 1.59. The van der Waals surface area contributed by atoms with E-state index in [0.717, 1.165) is 18.5 Å². The Morgan fingerprint density at radius 3 is 2.45 bits per heavy atom. The minimum Gasteiger partial charge on any atom is -0.378 e. The van der Waals surface area contributed by atoms with Gasteiger partial charge in [0.1, 0.15) is 0 Å². The van der Waals surface area contributed by atoms with Crippen molar-refractivity contribution in [3.05, 3.63) is 29.8 Å². The number of benzene rings is 1. The third-order valence-corrected chi connectivity index (χ3v) is 4.79. The van der Waals surface area contributed by atoms with Gasteiger partial charge in [0, 0.05) is 37.9 Å². The largest absolute Gasteiger partial charge is 0.378 e. The fraction of sp³-hybridized carbons (Fsp3) is 0.533. The molecule has 1 aliphatic heterocycles. The standard InChI is InChI=1S/C15H23N3O3S/c1-17(2)13-8-6-12(7-9-13)15(19)18-10-4-3-5-14(18)11-22(16,20)21/h6-9,14H,3-5,10-11H2,1-2H3,(H2,16,20,21). The zero-order chi connectivity index (χ0) is 16.3. The summed E-state index contributed by atoms with van der Waals surface area (Å²) >= 11 is 0. The van der Waals surface area contributed by atoms with Gasteiger partial charge < -0.3 is 9.80 Å². The number of anilines is 1. The summed E-state index contributed by atoms with van der Waals surface area (Å²) in [5.74, 6) is -0.298. The Balaban J connectivity index is 2.18. The monoisotopic (exact) mass is 325 g/mol. The minimum absolute atomic E-state index is 0.126. The van der Waals surface area contributed by atoms with Crippen LogP contribution in [0.2, 0.25) is 0 Å². The number of piperidine rings is 1. The van der Waals surface area contributed by atoms with Crippen LogP contribution in [0.5, 0.6) is 0 Å². The molecule has 0 aromatic heterocycles. The van der Waals surface area contributed by atoms with Crippen molar-refractivity contribution in [1.82, 2.24) is 4.90 Å². The van der Waals surface area contributed by atoms with E-state index in [4.69, 9.17) is 5.14 Å². The Morgan fingerprint density at radius 2 is 1.91 bits per heavy atom. The predicted molar refractivity (Wildman–Crippen MR) is 87.4 cm³/mol. The van der Waals surface area contributed by atoms with Crippen LogP contribution in [0.3, 0.4) is 0 Å². The molecule has 1 atom stereocenters. The molecule has 2 rings (SSSR count). The lowest BCUT2D eigenvalue weighted by Crippen LogP contribution is -2.48. The van der Waals surface area contributed by atoms with Gasteiger partial charge in [-0.15, -0.1) is 0 Å². The predicted octanol–water partition coefficient (Wildman–Crippen LogP) is 1.04. The van der Waals surface area contributed by atoms with Gasteiger partial charge in [0.15, 0.2) is 0 Å². The van der Waals surface area contributed by atoms with E-state index in [1.165, 1.54) is 0 Å². The Kier molecular flexibility index (Phi) is 5.08. The minimum atomic E-state index is -3.59. The van der Waals surface area contributed by atoms with Gasteiger partial charge in [0.05, 0.1) is 5.75 Å². The normalized spacial score (nSPS) is 19.0.